The molecule has 0 saturated carbocycles. The topological polar surface area (TPSA) is 514 Å². The molecule has 3 aromatic heterocycles. The van der Waals surface area contributed by atoms with E-state index in [1.165, 1.54) is 55.0 Å². The maximum atomic E-state index is 13.9. The van der Waals surface area contributed by atoms with Crippen LogP contribution in [-0.2, 0) is 48.0 Å². The van der Waals surface area contributed by atoms with Crippen molar-refractivity contribution < 1.29 is 108 Å². The maximum Gasteiger partial charge on any atom is 0.335 e. The average Bonchev–Trinajstić information content (AvgIpc) is 1.74. The second kappa shape index (κ2) is 28.5. The number of amides is 3. The molecule has 498 valence electrons. The van der Waals surface area contributed by atoms with Gasteiger partial charge in [0, 0.05) is 114 Å². The Morgan fingerprint density at radius 3 is 0.825 bits per heavy atom. The van der Waals surface area contributed by atoms with Gasteiger partial charge in [-0.2, -0.15) is 0 Å². The highest BCUT2D eigenvalue weighted by molar-refractivity contribution is 6.04. The first-order valence-corrected chi connectivity index (χ1v) is 29.3. The van der Waals surface area contributed by atoms with Crippen LogP contribution in [0.25, 0.3) is 66.1 Å². The number of aromatic nitrogens is 3. The van der Waals surface area contributed by atoms with E-state index < -0.39 is 158 Å². The van der Waals surface area contributed by atoms with Crippen LogP contribution in [0.2, 0.25) is 0 Å². The Hall–Kier alpha value is -13.0. The van der Waals surface area contributed by atoms with Crippen LogP contribution in [0.5, 0.6) is 0 Å². The predicted molar refractivity (Wildman–Crippen MR) is 340 cm³/mol. The van der Waals surface area contributed by atoms with Gasteiger partial charge in [-0.15, -0.1) is 0 Å². The van der Waals surface area contributed by atoms with Crippen LogP contribution >= 0.6 is 0 Å². The number of hydrogen-bond acceptors (Lipinski definition) is 14. The van der Waals surface area contributed by atoms with E-state index in [1.54, 1.807) is 54.6 Å². The van der Waals surface area contributed by atoms with Crippen molar-refractivity contribution in [3.05, 3.63) is 188 Å². The van der Waals surface area contributed by atoms with Gasteiger partial charge in [0.1, 0.15) is 18.1 Å². The third-order valence-corrected chi connectivity index (χ3v) is 16.6. The number of carbonyl (C=O) groups is 12. The number of nitrogens with one attached hydrogen (secondary N) is 6. The summed E-state index contributed by atoms with van der Waals surface area (Å²) in [6, 6.07) is 19.3. The molecule has 15 N–H and O–H groups in total. The minimum Gasteiger partial charge on any atom is -0.480 e. The lowest BCUT2D eigenvalue weighted by Gasteiger charge is -2.26. The molecule has 9 aromatic rings. The van der Waals surface area contributed by atoms with Crippen LogP contribution in [0, 0.1) is 10.1 Å². The molecular weight excluding hydrogens is 1270 g/mol. The quantitative estimate of drug-likeness (QED) is 0.0148. The van der Waals surface area contributed by atoms with Crippen LogP contribution in [0.4, 0.5) is 0 Å². The van der Waals surface area contributed by atoms with Crippen molar-refractivity contribution in [3.8, 4) is 33.4 Å². The predicted octanol–water partition coefficient (Wildman–Crippen LogP) is 7.41. The summed E-state index contributed by atoms with van der Waals surface area (Å²) in [6.07, 6.45) is -1.88. The summed E-state index contributed by atoms with van der Waals surface area (Å²) >= 11 is 0. The van der Waals surface area contributed by atoms with E-state index in [2.05, 4.69) is 30.9 Å². The van der Waals surface area contributed by atoms with Gasteiger partial charge in [0.25, 0.3) is 0 Å². The van der Waals surface area contributed by atoms with Crippen LogP contribution in [0.3, 0.4) is 0 Å². The molecule has 0 aliphatic carbocycles. The number of fused-ring (bicyclic) bond motifs is 3. The van der Waals surface area contributed by atoms with Gasteiger partial charge < -0.3 is 76.9 Å². The number of benzene rings is 6. The molecular formula is C67H57N7O23. The lowest BCUT2D eigenvalue weighted by molar-refractivity contribution is -0.573. The number of nitro groups is 1. The first kappa shape index (κ1) is 68.3. The number of rotatable bonds is 31. The van der Waals surface area contributed by atoms with Gasteiger partial charge in [-0.3, -0.25) is 24.5 Å². The van der Waals surface area contributed by atoms with Crippen molar-refractivity contribution >= 4 is 104 Å². The van der Waals surface area contributed by atoms with Crippen molar-refractivity contribution in [2.75, 3.05) is 0 Å². The maximum absolute atomic E-state index is 13.9. The Morgan fingerprint density at radius 2 is 0.619 bits per heavy atom. The normalized spacial score (nSPS) is 12.8. The smallest absolute Gasteiger partial charge is 0.335 e. The molecule has 3 unspecified atom stereocenters. The standard InChI is InChI=1S/C67H57N7O23/c75-52(71-49(64(90)91)25-40-28-68-55-43(4-1-7-46(40)55)31-16-34(58(78)79)22-35(17-31)59(80)81)10-13-67(74(96)97,14-11-53(76)72-50(65(92)93)26-41-29-69-56-44(5-2-8-47(41)56)32-18-36(60(82)83)23-37(19-32)61(84)85)15-12-54(77)73-51(66(94)95)27-42-30-70-57-45(6-3-9-48(42)57)33-20-38(62(86)87)24-39(21-33)63(88)89/h1-9,16-24,28-30,49-51,68-70H,10-15,25-27H2,(H,71,75)(H,72,76)(H,73,77)(H,78,79)(H,80,81)(H,82,83)(H,84,85)(H,86,87)(H,88,89)(H,90,91)(H,92,93)(H,94,95). The van der Waals surface area contributed by atoms with Gasteiger partial charge in [0.2, 0.25) is 23.3 Å². The molecule has 30 heteroatoms. The van der Waals surface area contributed by atoms with Crippen LogP contribution in [-0.4, -0.2) is 161 Å². The Kier molecular flexibility index (Phi) is 20.1. The summed E-state index contributed by atoms with van der Waals surface area (Å²) in [5, 5.41) is 111. The van der Waals surface area contributed by atoms with Crippen LogP contribution in [0.1, 0.15) is 117 Å². The van der Waals surface area contributed by atoms with Crippen LogP contribution < -0.4 is 16.0 Å². The van der Waals surface area contributed by atoms with E-state index >= 15 is 0 Å². The van der Waals surface area contributed by atoms with E-state index in [1.807, 2.05) is 0 Å². The largest absolute Gasteiger partial charge is 0.480 e. The lowest BCUT2D eigenvalue weighted by atomic mass is 9.83. The molecule has 3 atom stereocenters. The minimum absolute atomic E-state index is 0.184. The van der Waals surface area contributed by atoms with E-state index in [4.69, 9.17) is 0 Å². The number of para-hydroxylation sites is 3. The van der Waals surface area contributed by atoms with E-state index in [0.717, 1.165) is 18.2 Å². The number of aliphatic carboxylic acids is 3. The van der Waals surface area contributed by atoms with E-state index in [0.29, 0.717) is 66.1 Å². The molecule has 0 spiro atoms. The Labute approximate surface area is 544 Å². The fourth-order valence-corrected chi connectivity index (χ4v) is 11.7. The van der Waals surface area contributed by atoms with Crippen molar-refractivity contribution in [2.24, 2.45) is 0 Å². The second-order valence-electron chi connectivity index (χ2n) is 22.8. The van der Waals surface area contributed by atoms with Gasteiger partial charge in [-0.05, 0) is 88.0 Å². The highest BCUT2D eigenvalue weighted by atomic mass is 16.6. The minimum atomic E-state index is -2.44. The number of carbonyl (C=O) groups excluding carboxylic acids is 3. The number of aromatic amines is 3. The molecule has 0 fully saturated rings. The molecule has 0 bridgehead atoms. The first-order chi connectivity index (χ1) is 46.0. The van der Waals surface area contributed by atoms with Gasteiger partial charge in [-0.1, -0.05) is 54.6 Å². The van der Waals surface area contributed by atoms with Gasteiger partial charge in [-0.25, -0.2) is 43.2 Å². The summed E-state index contributed by atoms with van der Waals surface area (Å²) in [4.78, 5) is 173. The van der Waals surface area contributed by atoms with Crippen molar-refractivity contribution in [1.29, 1.82) is 0 Å². The molecule has 3 heterocycles. The Bertz CT molecular complexity index is 4220. The molecule has 97 heavy (non-hydrogen) atoms. The molecule has 3 amide bonds. The van der Waals surface area contributed by atoms with Crippen molar-refractivity contribution in [2.45, 2.75) is 81.5 Å². The zero-order valence-corrected chi connectivity index (χ0v) is 50.4. The molecule has 0 aliphatic rings. The Morgan fingerprint density at radius 1 is 0.381 bits per heavy atom. The fourth-order valence-electron chi connectivity index (χ4n) is 11.7. The fraction of sp³-hybridized carbons (Fsp3) is 0.194. The van der Waals surface area contributed by atoms with E-state index in [9.17, 15) is 114 Å². The molecule has 6 aromatic carbocycles. The third kappa shape index (κ3) is 15.4. The van der Waals surface area contributed by atoms with Gasteiger partial charge >= 0.3 is 53.7 Å². The molecule has 30 nitrogen and oxygen atoms in total. The first-order valence-electron chi connectivity index (χ1n) is 29.3. The zero-order chi connectivity index (χ0) is 70.3. The highest BCUT2D eigenvalue weighted by Gasteiger charge is 2.44. The van der Waals surface area contributed by atoms with Gasteiger partial charge in [0.15, 0.2) is 0 Å². The van der Waals surface area contributed by atoms with Crippen molar-refractivity contribution in [3.63, 3.8) is 0 Å². The lowest BCUT2D eigenvalue weighted by Crippen LogP contribution is -2.47. The summed E-state index contributed by atoms with van der Waals surface area (Å²) in [5.41, 5.74) is -0.966. The summed E-state index contributed by atoms with van der Waals surface area (Å²) in [7, 11) is 0. The van der Waals surface area contributed by atoms with Crippen LogP contribution in [0.15, 0.2) is 128 Å². The summed E-state index contributed by atoms with van der Waals surface area (Å²) < 4.78 is 0. The number of H-pyrrole nitrogens is 3. The van der Waals surface area contributed by atoms with Gasteiger partial charge in [0.05, 0.1) is 49.9 Å². The third-order valence-electron chi connectivity index (χ3n) is 16.6. The highest BCUT2D eigenvalue weighted by Crippen LogP contribution is 2.36. The Balaban J connectivity index is 0.949. The second-order valence-corrected chi connectivity index (χ2v) is 22.8. The number of hydrogen-bond donors (Lipinski definition) is 15. The summed E-state index contributed by atoms with van der Waals surface area (Å²) in [5.74, 6) is -16.3. The number of nitrogens with zero attached hydrogens (tertiary/aromatic N) is 1. The van der Waals surface area contributed by atoms with E-state index in [-0.39, 0.29) is 50.1 Å². The summed E-state index contributed by atoms with van der Waals surface area (Å²) in [6.45, 7) is 0. The molecule has 0 saturated heterocycles. The number of carboxylic acids is 9. The monoisotopic (exact) mass is 1330 g/mol. The number of aromatic carboxylic acids is 6. The number of carboxylic acid groups (broad SMARTS) is 9. The SMILES string of the molecule is O=C(CCC(CCC(=O)NC(Cc1c[nH]c2c(-c3cc(C(=O)O)cc(C(=O)O)c3)cccc12)C(=O)O)(CCC(=O)NC(Cc1c[nH]c2c(-c3cc(C(=O)O)cc(C(=O)O)c3)cccc12)C(=O)O)[N+](=O)[O-])NC(Cc1c[nH]c2c(-c3cc(C(=O)O)cc(C(=O)O)c3)cccc12)C(=O)O. The average molecular weight is 1330 g/mol. The molecule has 0 aliphatic heterocycles. The molecule has 0 radical (unpaired) electrons. The molecule has 9 rings (SSSR count). The zero-order valence-electron chi connectivity index (χ0n) is 50.4. The van der Waals surface area contributed by atoms with Crippen molar-refractivity contribution in [1.82, 2.24) is 30.9 Å².